The first kappa shape index (κ1) is 37.0. The highest BCUT2D eigenvalue weighted by atomic mass is 19.4. The number of alkyl halides is 17. The summed E-state index contributed by atoms with van der Waals surface area (Å²) in [5, 5.41) is 0. The minimum atomic E-state index is -7.97. The number of rotatable bonds is 12. The average molecular weight is 676 g/mol. The van der Waals surface area contributed by atoms with Gasteiger partial charge < -0.3 is 4.74 Å². The van der Waals surface area contributed by atoms with Gasteiger partial charge >= 0.3 is 48.4 Å². The quantitative estimate of drug-likeness (QED) is 0.168. The van der Waals surface area contributed by atoms with Gasteiger partial charge in [0.1, 0.15) is 6.61 Å². The number of carbonyl (C=O) groups is 1. The molecule has 0 aliphatic heterocycles. The molecule has 0 spiro atoms. The van der Waals surface area contributed by atoms with Crippen LogP contribution in [0.15, 0.2) is 54.6 Å². The van der Waals surface area contributed by atoms with Gasteiger partial charge in [0, 0.05) is 11.1 Å². The lowest BCUT2D eigenvalue weighted by Gasteiger charge is -2.40. The van der Waals surface area contributed by atoms with Crippen molar-refractivity contribution < 1.29 is 93.6 Å². The first-order chi connectivity index (χ1) is 19.6. The van der Waals surface area contributed by atoms with Gasteiger partial charge in [0.25, 0.3) is 0 Å². The highest BCUT2D eigenvalue weighted by Gasteiger charge is 2.85. The second kappa shape index (κ2) is 12.0. The summed E-state index contributed by atoms with van der Waals surface area (Å²) in [5.41, 5.74) is -0.375. The predicted molar refractivity (Wildman–Crippen MR) is 109 cm³/mol. The summed E-state index contributed by atoms with van der Waals surface area (Å²) in [6.07, 6.45) is -38.1. The van der Waals surface area contributed by atoms with Gasteiger partial charge in [-0.1, -0.05) is 48.5 Å². The van der Waals surface area contributed by atoms with Crippen molar-refractivity contribution in [3.63, 3.8) is 0 Å². The molecule has 2 atom stereocenters. The molecule has 0 saturated heterocycles. The van der Waals surface area contributed by atoms with Crippen LogP contribution in [0.5, 0.6) is 0 Å². The van der Waals surface area contributed by atoms with Crippen LogP contribution in [-0.4, -0.2) is 60.8 Å². The van der Waals surface area contributed by atoms with E-state index in [4.69, 9.17) is 0 Å². The van der Waals surface area contributed by atoms with Gasteiger partial charge in [0.15, 0.2) is 5.78 Å². The summed E-state index contributed by atoms with van der Waals surface area (Å²) in [7, 11) is 0. The van der Waals surface area contributed by atoms with Crippen molar-refractivity contribution >= 4 is 5.78 Å². The van der Waals surface area contributed by atoms with E-state index in [0.717, 1.165) is 18.2 Å². The van der Waals surface area contributed by atoms with Crippen molar-refractivity contribution in [2.45, 2.75) is 55.0 Å². The van der Waals surface area contributed by atoms with Crippen LogP contribution >= 0.6 is 0 Å². The molecule has 0 aromatic heterocycles. The third-order valence-corrected chi connectivity index (χ3v) is 5.22. The third kappa shape index (κ3) is 7.36. The van der Waals surface area contributed by atoms with Crippen molar-refractivity contribution in [2.75, 3.05) is 6.61 Å². The molecule has 0 amide bonds. The van der Waals surface area contributed by atoms with Crippen molar-refractivity contribution in [2.24, 2.45) is 0 Å². The monoisotopic (exact) mass is 676 g/mol. The Morgan fingerprint density at radius 3 is 1.57 bits per heavy atom. The molecule has 0 bridgehead atoms. The number of carbonyl (C=O) groups excluding carboxylic acids is 1. The molecule has 0 fully saturated rings. The summed E-state index contributed by atoms with van der Waals surface area (Å²) in [6.45, 7) is -4.20. The summed E-state index contributed by atoms with van der Waals surface area (Å²) < 4.78 is 233. The average Bonchev–Trinajstić information content (AvgIpc) is 2.86. The van der Waals surface area contributed by atoms with Crippen molar-refractivity contribution in [1.82, 2.24) is 0 Å². The van der Waals surface area contributed by atoms with E-state index in [1.165, 1.54) is 41.1 Å². The number of benzene rings is 2. The molecule has 2 rings (SSSR count). The van der Waals surface area contributed by atoms with E-state index in [-0.39, 0.29) is 16.7 Å². The maximum Gasteiger partial charge on any atom is 0.462 e. The number of ketones is 1. The molecule has 0 radical (unpaired) electrons. The molecule has 4 nitrogen and oxygen atoms in total. The van der Waals surface area contributed by atoms with Gasteiger partial charge in [-0.15, -0.1) is 0 Å². The molecule has 0 aliphatic rings. The lowest BCUT2D eigenvalue weighted by molar-refractivity contribution is -0.553. The Bertz CT molecular complexity index is 1290. The summed E-state index contributed by atoms with van der Waals surface area (Å²) >= 11 is 0. The van der Waals surface area contributed by atoms with Gasteiger partial charge in [-0.3, -0.25) is 14.3 Å². The summed E-state index contributed by atoms with van der Waals surface area (Å²) in [4.78, 5) is 12.5. The van der Waals surface area contributed by atoms with Crippen molar-refractivity contribution in [3.05, 3.63) is 71.3 Å². The Balaban J connectivity index is 2.37. The van der Waals surface area contributed by atoms with Crippen LogP contribution in [0.3, 0.4) is 0 Å². The van der Waals surface area contributed by atoms with Gasteiger partial charge in [-0.2, -0.15) is 74.6 Å². The summed E-state index contributed by atoms with van der Waals surface area (Å²) in [6, 6.07) is 11.3. The number of ether oxygens (including phenoxy) is 3. The normalized spacial score (nSPS) is 16.8. The molecule has 2 aromatic carbocycles. The van der Waals surface area contributed by atoms with Crippen LogP contribution in [0, 0.1) is 0 Å². The van der Waals surface area contributed by atoms with E-state index in [0.29, 0.717) is 0 Å². The van der Waals surface area contributed by atoms with Gasteiger partial charge in [0.2, 0.25) is 0 Å². The molecular weight excluding hydrogens is 663 g/mol. The zero-order valence-corrected chi connectivity index (χ0v) is 20.7. The second-order valence-corrected chi connectivity index (χ2v) is 8.52. The molecule has 2 unspecified atom stereocenters. The Kier molecular flexibility index (Phi) is 10.0. The molecule has 0 saturated carbocycles. The molecule has 44 heavy (non-hydrogen) atoms. The van der Waals surface area contributed by atoms with Crippen LogP contribution in [-0.2, 0) is 20.8 Å². The van der Waals surface area contributed by atoms with Crippen LogP contribution < -0.4 is 0 Å². The third-order valence-electron chi connectivity index (χ3n) is 5.22. The van der Waals surface area contributed by atoms with Gasteiger partial charge in [-0.05, 0) is 11.6 Å². The summed E-state index contributed by atoms with van der Waals surface area (Å²) in [5.74, 6) is -22.8. The SMILES string of the molecule is O=C(c1ccccc1)c1cccc(COCC(F)(OC(F)(F)C(F)(OC(F)(F)C(F)(F)C(F)(F)F)C(F)(F)F)C(F)(F)F)c1. The van der Waals surface area contributed by atoms with Gasteiger partial charge in [0.05, 0.1) is 6.61 Å². The minimum Gasteiger partial charge on any atom is -0.370 e. The molecular formula is C23H13F17O4. The number of halogens is 17. The van der Waals surface area contributed by atoms with Crippen LogP contribution in [0.4, 0.5) is 74.6 Å². The lowest BCUT2D eigenvalue weighted by Crippen LogP contribution is -2.67. The molecule has 0 N–H and O–H groups in total. The maximum atomic E-state index is 14.6. The van der Waals surface area contributed by atoms with Crippen molar-refractivity contribution in [3.8, 4) is 0 Å². The van der Waals surface area contributed by atoms with E-state index in [1.54, 1.807) is 0 Å². The molecule has 0 aliphatic carbocycles. The second-order valence-electron chi connectivity index (χ2n) is 8.52. The Labute approximate surface area is 233 Å². The van der Waals surface area contributed by atoms with Crippen LogP contribution in [0.2, 0.25) is 0 Å². The fourth-order valence-electron chi connectivity index (χ4n) is 2.98. The largest absolute Gasteiger partial charge is 0.462 e. The van der Waals surface area contributed by atoms with Crippen LogP contribution in [0.25, 0.3) is 0 Å². The first-order valence-electron chi connectivity index (χ1n) is 11.0. The van der Waals surface area contributed by atoms with E-state index in [2.05, 4.69) is 9.47 Å². The first-order valence-corrected chi connectivity index (χ1v) is 11.0. The number of hydrogen-bond donors (Lipinski definition) is 0. The fraction of sp³-hybridized carbons (Fsp3) is 0.435. The van der Waals surface area contributed by atoms with E-state index in [1.807, 2.05) is 0 Å². The van der Waals surface area contributed by atoms with E-state index >= 15 is 0 Å². The minimum absolute atomic E-state index is 0.0983. The lowest BCUT2D eigenvalue weighted by atomic mass is 10.0. The highest BCUT2D eigenvalue weighted by Crippen LogP contribution is 2.56. The molecule has 21 heteroatoms. The van der Waals surface area contributed by atoms with E-state index in [9.17, 15) is 79.4 Å². The fourth-order valence-corrected chi connectivity index (χ4v) is 2.98. The van der Waals surface area contributed by atoms with E-state index < -0.39 is 67.4 Å². The Morgan fingerprint density at radius 1 is 0.568 bits per heavy atom. The maximum absolute atomic E-state index is 14.6. The Hall–Kier alpha value is -3.20. The molecule has 0 heterocycles. The molecule has 248 valence electrons. The van der Waals surface area contributed by atoms with Crippen molar-refractivity contribution in [1.29, 1.82) is 0 Å². The highest BCUT2D eigenvalue weighted by molar-refractivity contribution is 6.09. The standard InChI is InChI=1S/C23H13F17O4/c24-16(19(28,29)30,11-42-10-12-5-4-8-14(9-12)15(41)13-6-2-1-3-7-13)43-23(39,40)18(27,21(34,35)36)44-22(37,38)17(25,26)20(31,32)33/h1-9H,10-11H2. The van der Waals surface area contributed by atoms with Crippen LogP contribution in [0.1, 0.15) is 21.5 Å². The Morgan fingerprint density at radius 2 is 1.09 bits per heavy atom. The smallest absolute Gasteiger partial charge is 0.370 e. The zero-order chi connectivity index (χ0) is 34.2. The number of hydrogen-bond acceptors (Lipinski definition) is 4. The zero-order valence-electron chi connectivity index (χ0n) is 20.7. The van der Waals surface area contributed by atoms with Gasteiger partial charge in [-0.25, -0.2) is 0 Å². The topological polar surface area (TPSA) is 44.8 Å². The molecule has 2 aromatic rings. The predicted octanol–water partition coefficient (Wildman–Crippen LogP) is 8.31.